The van der Waals surface area contributed by atoms with Gasteiger partial charge in [-0.25, -0.2) is 0 Å². The molecule has 0 radical (unpaired) electrons. The standard InChI is InChI=1S/C14H29NO/c1-4-8-12(3)16-11-14(15-5-2)13-9-6-7-10-13/h12-15H,4-11H2,1-3H3. The van der Waals surface area contributed by atoms with Crippen molar-refractivity contribution in [1.29, 1.82) is 0 Å². The predicted octanol–water partition coefficient (Wildman–Crippen LogP) is 3.36. The summed E-state index contributed by atoms with van der Waals surface area (Å²) in [6.45, 7) is 8.57. The van der Waals surface area contributed by atoms with E-state index >= 15 is 0 Å². The van der Waals surface area contributed by atoms with E-state index < -0.39 is 0 Å². The molecule has 1 rings (SSSR count). The minimum absolute atomic E-state index is 0.424. The lowest BCUT2D eigenvalue weighted by atomic mass is 9.99. The first-order valence-electron chi connectivity index (χ1n) is 7.12. The Balaban J connectivity index is 2.26. The molecule has 96 valence electrons. The molecule has 2 heteroatoms. The van der Waals surface area contributed by atoms with Crippen molar-refractivity contribution < 1.29 is 4.74 Å². The highest BCUT2D eigenvalue weighted by Gasteiger charge is 2.24. The molecule has 0 bridgehead atoms. The second-order valence-electron chi connectivity index (χ2n) is 5.14. The van der Waals surface area contributed by atoms with Gasteiger partial charge in [-0.2, -0.15) is 0 Å². The second kappa shape index (κ2) is 8.08. The summed E-state index contributed by atoms with van der Waals surface area (Å²) in [6.07, 6.45) is 8.44. The molecule has 1 N–H and O–H groups in total. The van der Waals surface area contributed by atoms with Gasteiger partial charge in [0.05, 0.1) is 12.7 Å². The molecule has 0 aromatic heterocycles. The Labute approximate surface area is 101 Å². The third-order valence-electron chi connectivity index (χ3n) is 3.69. The lowest BCUT2D eigenvalue weighted by molar-refractivity contribution is 0.0336. The van der Waals surface area contributed by atoms with Crippen LogP contribution in [-0.4, -0.2) is 25.3 Å². The van der Waals surface area contributed by atoms with E-state index in [0.29, 0.717) is 12.1 Å². The van der Waals surface area contributed by atoms with Crippen molar-refractivity contribution >= 4 is 0 Å². The smallest absolute Gasteiger partial charge is 0.0625 e. The molecule has 1 saturated carbocycles. The van der Waals surface area contributed by atoms with Gasteiger partial charge >= 0.3 is 0 Å². The van der Waals surface area contributed by atoms with Gasteiger partial charge in [0.15, 0.2) is 0 Å². The fourth-order valence-electron chi connectivity index (χ4n) is 2.74. The van der Waals surface area contributed by atoms with Crippen LogP contribution in [-0.2, 0) is 4.74 Å². The van der Waals surface area contributed by atoms with Gasteiger partial charge in [0.2, 0.25) is 0 Å². The highest BCUT2D eigenvalue weighted by molar-refractivity contribution is 4.80. The maximum Gasteiger partial charge on any atom is 0.0625 e. The molecule has 2 unspecified atom stereocenters. The van der Waals surface area contributed by atoms with Crippen LogP contribution in [0.5, 0.6) is 0 Å². The Morgan fingerprint density at radius 2 is 1.94 bits per heavy atom. The molecular formula is C14H29NO. The zero-order valence-electron chi connectivity index (χ0n) is 11.3. The molecule has 0 amide bonds. The fourth-order valence-corrected chi connectivity index (χ4v) is 2.74. The Morgan fingerprint density at radius 1 is 1.25 bits per heavy atom. The highest BCUT2D eigenvalue weighted by atomic mass is 16.5. The van der Waals surface area contributed by atoms with Gasteiger partial charge in [0.1, 0.15) is 0 Å². The Morgan fingerprint density at radius 3 is 2.50 bits per heavy atom. The maximum absolute atomic E-state index is 5.95. The summed E-state index contributed by atoms with van der Waals surface area (Å²) in [5.41, 5.74) is 0. The van der Waals surface area contributed by atoms with Crippen LogP contribution in [0.1, 0.15) is 59.3 Å². The monoisotopic (exact) mass is 227 g/mol. The van der Waals surface area contributed by atoms with Crippen LogP contribution in [0.4, 0.5) is 0 Å². The van der Waals surface area contributed by atoms with Gasteiger partial charge in [-0.15, -0.1) is 0 Å². The molecule has 16 heavy (non-hydrogen) atoms. The number of likely N-dealkylation sites (N-methyl/N-ethyl adjacent to an activating group) is 1. The average molecular weight is 227 g/mol. The van der Waals surface area contributed by atoms with E-state index in [9.17, 15) is 0 Å². The molecule has 0 saturated heterocycles. The van der Waals surface area contributed by atoms with Gasteiger partial charge in [-0.1, -0.05) is 33.1 Å². The second-order valence-corrected chi connectivity index (χ2v) is 5.14. The van der Waals surface area contributed by atoms with Crippen LogP contribution in [0.25, 0.3) is 0 Å². The highest BCUT2D eigenvalue weighted by Crippen LogP contribution is 2.28. The van der Waals surface area contributed by atoms with Gasteiger partial charge < -0.3 is 10.1 Å². The van der Waals surface area contributed by atoms with E-state index in [-0.39, 0.29) is 0 Å². The van der Waals surface area contributed by atoms with Crippen LogP contribution in [0.15, 0.2) is 0 Å². The van der Waals surface area contributed by atoms with Crippen molar-refractivity contribution in [3.05, 3.63) is 0 Å². The summed E-state index contributed by atoms with van der Waals surface area (Å²) >= 11 is 0. The van der Waals surface area contributed by atoms with Crippen LogP contribution in [0.2, 0.25) is 0 Å². The Hall–Kier alpha value is -0.0800. The topological polar surface area (TPSA) is 21.3 Å². The maximum atomic E-state index is 5.95. The first-order chi connectivity index (χ1) is 7.77. The van der Waals surface area contributed by atoms with Crippen molar-refractivity contribution in [2.24, 2.45) is 5.92 Å². The van der Waals surface area contributed by atoms with Gasteiger partial charge in [-0.05, 0) is 38.6 Å². The molecular weight excluding hydrogens is 198 g/mol. The van der Waals surface area contributed by atoms with Gasteiger partial charge in [0.25, 0.3) is 0 Å². The Kier molecular flexibility index (Phi) is 7.06. The summed E-state index contributed by atoms with van der Waals surface area (Å²) in [5.74, 6) is 0.855. The third kappa shape index (κ3) is 4.84. The van der Waals surface area contributed by atoms with E-state index in [1.807, 2.05) is 0 Å². The summed E-state index contributed by atoms with van der Waals surface area (Å²) in [7, 11) is 0. The number of ether oxygens (including phenoxy) is 1. The summed E-state index contributed by atoms with van der Waals surface area (Å²) in [4.78, 5) is 0. The molecule has 1 aliphatic carbocycles. The predicted molar refractivity (Wildman–Crippen MR) is 69.7 cm³/mol. The lowest BCUT2D eigenvalue weighted by Gasteiger charge is -2.25. The number of nitrogens with one attached hydrogen (secondary N) is 1. The van der Waals surface area contributed by atoms with Gasteiger partial charge in [-0.3, -0.25) is 0 Å². The van der Waals surface area contributed by atoms with Crippen LogP contribution < -0.4 is 5.32 Å². The van der Waals surface area contributed by atoms with Crippen LogP contribution in [0.3, 0.4) is 0 Å². The van der Waals surface area contributed by atoms with Crippen molar-refractivity contribution in [2.75, 3.05) is 13.2 Å². The molecule has 0 spiro atoms. The summed E-state index contributed by atoms with van der Waals surface area (Å²) in [6, 6.07) is 0.590. The largest absolute Gasteiger partial charge is 0.377 e. The van der Waals surface area contributed by atoms with E-state index in [4.69, 9.17) is 4.74 Å². The summed E-state index contributed by atoms with van der Waals surface area (Å²) in [5, 5.41) is 3.60. The minimum atomic E-state index is 0.424. The molecule has 1 aliphatic rings. The van der Waals surface area contributed by atoms with E-state index in [0.717, 1.165) is 19.1 Å². The number of rotatable bonds is 8. The van der Waals surface area contributed by atoms with E-state index in [1.165, 1.54) is 38.5 Å². The van der Waals surface area contributed by atoms with E-state index in [1.54, 1.807) is 0 Å². The summed E-state index contributed by atoms with van der Waals surface area (Å²) < 4.78 is 5.95. The van der Waals surface area contributed by atoms with E-state index in [2.05, 4.69) is 26.1 Å². The van der Waals surface area contributed by atoms with Crippen molar-refractivity contribution in [3.63, 3.8) is 0 Å². The number of hydrogen-bond donors (Lipinski definition) is 1. The average Bonchev–Trinajstić information content (AvgIpc) is 2.78. The first kappa shape index (κ1) is 14.0. The van der Waals surface area contributed by atoms with Crippen molar-refractivity contribution in [2.45, 2.75) is 71.4 Å². The lowest BCUT2D eigenvalue weighted by Crippen LogP contribution is -2.39. The number of hydrogen-bond acceptors (Lipinski definition) is 2. The SMILES string of the molecule is CCCC(C)OCC(NCC)C1CCCC1. The van der Waals surface area contributed by atoms with Crippen LogP contribution >= 0.6 is 0 Å². The molecule has 0 aromatic carbocycles. The van der Waals surface area contributed by atoms with Crippen LogP contribution in [0, 0.1) is 5.92 Å². The first-order valence-corrected chi connectivity index (χ1v) is 7.12. The zero-order chi connectivity index (χ0) is 11.8. The molecule has 0 heterocycles. The zero-order valence-corrected chi connectivity index (χ0v) is 11.3. The van der Waals surface area contributed by atoms with Gasteiger partial charge in [0, 0.05) is 6.04 Å². The van der Waals surface area contributed by atoms with Crippen molar-refractivity contribution in [1.82, 2.24) is 5.32 Å². The normalized spacial score (nSPS) is 21.2. The molecule has 0 aliphatic heterocycles. The molecule has 0 aromatic rings. The Bertz CT molecular complexity index is 166. The minimum Gasteiger partial charge on any atom is -0.377 e. The molecule has 2 nitrogen and oxygen atoms in total. The van der Waals surface area contributed by atoms with Crippen molar-refractivity contribution in [3.8, 4) is 0 Å². The molecule has 2 atom stereocenters. The third-order valence-corrected chi connectivity index (χ3v) is 3.69. The molecule has 1 fully saturated rings. The quantitative estimate of drug-likeness (QED) is 0.686. The fraction of sp³-hybridized carbons (Fsp3) is 1.00.